The predicted molar refractivity (Wildman–Crippen MR) is 72.4 cm³/mol. The van der Waals surface area contributed by atoms with Crippen molar-refractivity contribution >= 4 is 34.5 Å². The van der Waals surface area contributed by atoms with Crippen LogP contribution in [0.25, 0.3) is 0 Å². The molecule has 0 aliphatic carbocycles. The molecule has 0 unspecified atom stereocenters. The first-order chi connectivity index (χ1) is 7.95. The fourth-order valence-corrected chi connectivity index (χ4v) is 2.48. The van der Waals surface area contributed by atoms with Crippen molar-refractivity contribution in [3.05, 3.63) is 16.4 Å². The molecule has 0 aliphatic rings. The Labute approximate surface area is 109 Å². The third kappa shape index (κ3) is 3.64. The van der Waals surface area contributed by atoms with Gasteiger partial charge in [-0.05, 0) is 6.42 Å². The Morgan fingerprint density at radius 3 is 2.71 bits per heavy atom. The number of aliphatic imine (C=N–C) groups is 1. The highest BCUT2D eigenvalue weighted by Gasteiger charge is 2.13. The number of halogens is 1. The highest BCUT2D eigenvalue weighted by molar-refractivity contribution is 8.13. The van der Waals surface area contributed by atoms with E-state index in [-0.39, 0.29) is 11.1 Å². The lowest BCUT2D eigenvalue weighted by molar-refractivity contribution is 0.720. The van der Waals surface area contributed by atoms with Crippen LogP contribution in [-0.4, -0.2) is 20.9 Å². The van der Waals surface area contributed by atoms with Crippen LogP contribution in [0.3, 0.4) is 0 Å². The summed E-state index contributed by atoms with van der Waals surface area (Å²) in [5.74, 6) is 0.394. The minimum absolute atomic E-state index is 0.0558. The molecule has 0 spiro atoms. The molecule has 0 aromatic carbocycles. The average Bonchev–Trinajstić information content (AvgIpc) is 2.50. The number of nitrogens with one attached hydrogen (secondary N) is 1. The van der Waals surface area contributed by atoms with Gasteiger partial charge in [-0.3, -0.25) is 10.1 Å². The summed E-state index contributed by atoms with van der Waals surface area (Å²) in [6.45, 7) is 1.99. The van der Waals surface area contributed by atoms with Gasteiger partial charge in [-0.1, -0.05) is 30.3 Å². The van der Waals surface area contributed by atoms with Crippen molar-refractivity contribution in [3.8, 4) is 0 Å². The van der Waals surface area contributed by atoms with Crippen molar-refractivity contribution in [2.75, 3.05) is 0 Å². The van der Waals surface area contributed by atoms with Crippen LogP contribution in [-0.2, 0) is 19.2 Å². The average molecular weight is 275 g/mol. The van der Waals surface area contributed by atoms with Crippen LogP contribution < -0.4 is 11.5 Å². The summed E-state index contributed by atoms with van der Waals surface area (Å²) in [7, 11) is 1.82. The highest BCUT2D eigenvalue weighted by Crippen LogP contribution is 2.25. The number of amidine groups is 1. The fourth-order valence-electron chi connectivity index (χ4n) is 1.26. The van der Waals surface area contributed by atoms with Crippen molar-refractivity contribution in [3.63, 3.8) is 0 Å². The maximum atomic E-state index is 7.50. The second kappa shape index (κ2) is 5.92. The Kier molecular flexibility index (Phi) is 4.83. The molecule has 0 amide bonds. The molecule has 8 heteroatoms. The predicted octanol–water partition coefficient (Wildman–Crippen LogP) is 1.08. The summed E-state index contributed by atoms with van der Waals surface area (Å²) >= 11 is 7.37. The van der Waals surface area contributed by atoms with Gasteiger partial charge < -0.3 is 11.5 Å². The maximum absolute atomic E-state index is 7.50. The summed E-state index contributed by atoms with van der Waals surface area (Å²) in [6, 6.07) is 0. The van der Waals surface area contributed by atoms with Gasteiger partial charge in [-0.2, -0.15) is 10.1 Å². The van der Waals surface area contributed by atoms with E-state index in [2.05, 4.69) is 10.1 Å². The van der Waals surface area contributed by atoms with Gasteiger partial charge in [0.25, 0.3) is 0 Å². The van der Waals surface area contributed by atoms with Crippen LogP contribution in [0.5, 0.6) is 0 Å². The Hall–Kier alpha value is -1.21. The monoisotopic (exact) mass is 274 g/mol. The molecule has 0 aliphatic heterocycles. The zero-order chi connectivity index (χ0) is 13.0. The van der Waals surface area contributed by atoms with Crippen LogP contribution in [0.15, 0.2) is 4.99 Å². The van der Waals surface area contributed by atoms with Crippen molar-refractivity contribution in [2.45, 2.75) is 19.1 Å². The van der Waals surface area contributed by atoms with Crippen molar-refractivity contribution in [1.82, 2.24) is 9.78 Å². The third-order valence-electron chi connectivity index (χ3n) is 2.08. The van der Waals surface area contributed by atoms with E-state index in [0.29, 0.717) is 10.8 Å². The van der Waals surface area contributed by atoms with E-state index >= 15 is 0 Å². The lowest BCUT2D eigenvalue weighted by Crippen LogP contribution is -2.23. The molecule has 0 bridgehead atoms. The van der Waals surface area contributed by atoms with E-state index in [1.54, 1.807) is 4.68 Å². The molecule has 1 aromatic heterocycles. The van der Waals surface area contributed by atoms with E-state index in [9.17, 15) is 0 Å². The molecule has 5 N–H and O–H groups in total. The molecular weight excluding hydrogens is 260 g/mol. The van der Waals surface area contributed by atoms with Crippen LogP contribution in [0, 0.1) is 5.41 Å². The van der Waals surface area contributed by atoms with Gasteiger partial charge in [-0.15, -0.1) is 0 Å². The SMILES string of the molecule is CCc1nn(C)c(CSC(=N)N=C(N)N)c1Cl. The Balaban J connectivity index is 2.73. The van der Waals surface area contributed by atoms with Gasteiger partial charge in [0.15, 0.2) is 11.1 Å². The molecule has 0 atom stereocenters. The largest absolute Gasteiger partial charge is 0.370 e. The Morgan fingerprint density at radius 2 is 2.24 bits per heavy atom. The molecule has 0 saturated carbocycles. The number of thioether (sulfide) groups is 1. The lowest BCUT2D eigenvalue weighted by Gasteiger charge is -2.01. The number of aryl methyl sites for hydroxylation is 2. The first kappa shape index (κ1) is 13.9. The van der Waals surface area contributed by atoms with E-state index in [1.165, 1.54) is 11.8 Å². The number of hydrogen-bond donors (Lipinski definition) is 3. The zero-order valence-electron chi connectivity index (χ0n) is 9.70. The lowest BCUT2D eigenvalue weighted by atomic mass is 10.3. The number of hydrogen-bond acceptors (Lipinski definition) is 3. The zero-order valence-corrected chi connectivity index (χ0v) is 11.3. The second-order valence-electron chi connectivity index (χ2n) is 3.32. The molecule has 1 rings (SSSR count). The summed E-state index contributed by atoms with van der Waals surface area (Å²) in [5.41, 5.74) is 12.1. The van der Waals surface area contributed by atoms with Gasteiger partial charge in [-0.25, -0.2) is 0 Å². The van der Waals surface area contributed by atoms with Crippen molar-refractivity contribution in [2.24, 2.45) is 23.5 Å². The summed E-state index contributed by atoms with van der Waals surface area (Å²) in [4.78, 5) is 3.62. The number of aromatic nitrogens is 2. The van der Waals surface area contributed by atoms with Crippen LogP contribution in [0.1, 0.15) is 18.3 Å². The quantitative estimate of drug-likeness (QED) is 0.566. The van der Waals surface area contributed by atoms with Crippen molar-refractivity contribution in [1.29, 1.82) is 5.41 Å². The first-order valence-corrected chi connectivity index (χ1v) is 6.33. The van der Waals surface area contributed by atoms with Crippen LogP contribution >= 0.6 is 23.4 Å². The van der Waals surface area contributed by atoms with Gasteiger partial charge in [0.2, 0.25) is 0 Å². The molecular formula is C9H15ClN6S. The maximum Gasteiger partial charge on any atom is 0.193 e. The first-order valence-electron chi connectivity index (χ1n) is 4.96. The summed E-state index contributed by atoms with van der Waals surface area (Å²) in [6.07, 6.45) is 0.780. The number of guanidine groups is 1. The minimum Gasteiger partial charge on any atom is -0.370 e. The third-order valence-corrected chi connectivity index (χ3v) is 3.30. The number of nitrogens with zero attached hydrogens (tertiary/aromatic N) is 3. The molecule has 1 aromatic rings. The van der Waals surface area contributed by atoms with Crippen LogP contribution in [0.4, 0.5) is 0 Å². The summed E-state index contributed by atoms with van der Waals surface area (Å²) in [5, 5.41) is 12.5. The van der Waals surface area contributed by atoms with E-state index < -0.39 is 0 Å². The van der Waals surface area contributed by atoms with Crippen LogP contribution in [0.2, 0.25) is 5.02 Å². The van der Waals surface area contributed by atoms with Gasteiger partial charge >= 0.3 is 0 Å². The standard InChI is InChI=1S/C9H15ClN6S/c1-3-5-7(10)6(16(2)15-5)4-17-9(13)14-8(11)12/h3-4H2,1-2H3,(H5,11,12,13,14). The van der Waals surface area contributed by atoms with Gasteiger partial charge in [0, 0.05) is 12.8 Å². The molecule has 94 valence electrons. The van der Waals surface area contributed by atoms with E-state index in [4.69, 9.17) is 28.5 Å². The molecule has 0 saturated heterocycles. The minimum atomic E-state index is -0.118. The topological polar surface area (TPSA) is 106 Å². The number of nitrogens with two attached hydrogens (primary N) is 2. The molecule has 17 heavy (non-hydrogen) atoms. The Bertz CT molecular complexity index is 449. The van der Waals surface area contributed by atoms with Crippen molar-refractivity contribution < 1.29 is 0 Å². The van der Waals surface area contributed by atoms with Gasteiger partial charge in [0.05, 0.1) is 16.4 Å². The molecule has 1 heterocycles. The summed E-state index contributed by atoms with van der Waals surface area (Å²) < 4.78 is 1.72. The fraction of sp³-hybridized carbons (Fsp3) is 0.444. The molecule has 6 nitrogen and oxygen atoms in total. The van der Waals surface area contributed by atoms with E-state index in [0.717, 1.165) is 17.8 Å². The smallest absolute Gasteiger partial charge is 0.193 e. The highest BCUT2D eigenvalue weighted by atomic mass is 35.5. The van der Waals surface area contributed by atoms with E-state index in [1.807, 2.05) is 14.0 Å². The Morgan fingerprint density at radius 1 is 1.59 bits per heavy atom. The normalized spacial score (nSPS) is 10.3. The van der Waals surface area contributed by atoms with Gasteiger partial charge in [0.1, 0.15) is 0 Å². The molecule has 0 radical (unpaired) electrons. The molecule has 0 fully saturated rings. The second-order valence-corrected chi connectivity index (χ2v) is 4.66. The number of rotatable bonds is 3.